The van der Waals surface area contributed by atoms with Gasteiger partial charge in [-0.05, 0) is 86.0 Å². The monoisotopic (exact) mass is 465 g/mol. The van der Waals surface area contributed by atoms with E-state index in [-0.39, 0.29) is 6.54 Å². The van der Waals surface area contributed by atoms with Gasteiger partial charge in [0.05, 0.1) is 11.5 Å². The number of nitrogens with one attached hydrogen (secondary N) is 1. The summed E-state index contributed by atoms with van der Waals surface area (Å²) in [6, 6.07) is 14.9. The third kappa shape index (κ3) is 5.76. The van der Waals surface area contributed by atoms with Gasteiger partial charge in [0.15, 0.2) is 0 Å². The lowest BCUT2D eigenvalue weighted by Crippen LogP contribution is -2.36. The number of hydrogen-bond acceptors (Lipinski definition) is 6. The molecule has 2 aromatic carbocycles. The molecule has 8 heteroatoms. The van der Waals surface area contributed by atoms with Gasteiger partial charge >= 0.3 is 0 Å². The van der Waals surface area contributed by atoms with Gasteiger partial charge in [0.2, 0.25) is 5.91 Å². The van der Waals surface area contributed by atoms with Crippen LogP contribution in [0.1, 0.15) is 31.7 Å². The number of piperidine rings is 1. The molecule has 7 nitrogen and oxygen atoms in total. The summed E-state index contributed by atoms with van der Waals surface area (Å²) in [5.74, 6) is -0.184. The van der Waals surface area contributed by atoms with Crippen molar-refractivity contribution in [3.63, 3.8) is 0 Å². The normalized spacial score (nSPS) is 17.5. The zero-order valence-corrected chi connectivity index (χ0v) is 19.4. The Labute approximate surface area is 197 Å². The first kappa shape index (κ1) is 22.9. The summed E-state index contributed by atoms with van der Waals surface area (Å²) in [4.78, 5) is 41.2. The molecule has 2 aliphatic rings. The second-order valence-electron chi connectivity index (χ2n) is 7.91. The highest BCUT2D eigenvalue weighted by atomic mass is 32.2. The third-order valence-electron chi connectivity index (χ3n) is 5.54. The SMILES string of the molecule is CCOc1ccc(NC(=O)CN2C(=O)S/C(=C\c3ccc(N4CCCCC4)cc3)C2=O)cc1. The minimum Gasteiger partial charge on any atom is -0.494 e. The van der Waals surface area contributed by atoms with Crippen LogP contribution in [0, 0.1) is 0 Å². The highest BCUT2D eigenvalue weighted by Gasteiger charge is 2.36. The van der Waals surface area contributed by atoms with Gasteiger partial charge in [-0.1, -0.05) is 12.1 Å². The fourth-order valence-electron chi connectivity index (χ4n) is 3.87. The Bertz CT molecular complexity index is 1040. The first-order chi connectivity index (χ1) is 16.0. The molecule has 2 fully saturated rings. The molecule has 2 saturated heterocycles. The zero-order valence-electron chi connectivity index (χ0n) is 18.6. The van der Waals surface area contributed by atoms with Crippen LogP contribution in [0.2, 0.25) is 0 Å². The summed E-state index contributed by atoms with van der Waals surface area (Å²) in [6.45, 7) is 4.25. The van der Waals surface area contributed by atoms with Crippen molar-refractivity contribution in [2.75, 3.05) is 36.5 Å². The fraction of sp³-hybridized carbons (Fsp3) is 0.320. The first-order valence-corrected chi connectivity index (χ1v) is 12.0. The minimum absolute atomic E-state index is 0.319. The average molecular weight is 466 g/mol. The van der Waals surface area contributed by atoms with Gasteiger partial charge in [-0.25, -0.2) is 0 Å². The molecule has 0 atom stereocenters. The molecule has 2 aliphatic heterocycles. The van der Waals surface area contributed by atoms with Crippen LogP contribution in [0.15, 0.2) is 53.4 Å². The Morgan fingerprint density at radius 2 is 1.73 bits per heavy atom. The van der Waals surface area contributed by atoms with E-state index in [0.717, 1.165) is 35.3 Å². The molecule has 0 saturated carbocycles. The molecule has 0 aliphatic carbocycles. The summed E-state index contributed by atoms with van der Waals surface area (Å²) < 4.78 is 5.38. The smallest absolute Gasteiger partial charge is 0.294 e. The lowest BCUT2D eigenvalue weighted by molar-refractivity contribution is -0.127. The van der Waals surface area contributed by atoms with Crippen LogP contribution in [0.3, 0.4) is 0 Å². The number of nitrogens with zero attached hydrogens (tertiary/aromatic N) is 2. The van der Waals surface area contributed by atoms with E-state index in [4.69, 9.17) is 4.74 Å². The van der Waals surface area contributed by atoms with Crippen molar-refractivity contribution in [1.29, 1.82) is 0 Å². The molecule has 0 spiro atoms. The summed E-state index contributed by atoms with van der Waals surface area (Å²) in [6.07, 6.45) is 5.40. The molecule has 0 bridgehead atoms. The van der Waals surface area contributed by atoms with E-state index in [9.17, 15) is 14.4 Å². The van der Waals surface area contributed by atoms with Crippen molar-refractivity contribution in [1.82, 2.24) is 4.90 Å². The fourth-order valence-corrected chi connectivity index (χ4v) is 4.70. The maximum absolute atomic E-state index is 12.8. The molecule has 172 valence electrons. The molecular weight excluding hydrogens is 438 g/mol. The van der Waals surface area contributed by atoms with E-state index in [0.29, 0.717) is 22.9 Å². The Hall–Kier alpha value is -3.26. The van der Waals surface area contributed by atoms with Gasteiger partial charge in [-0.2, -0.15) is 0 Å². The highest BCUT2D eigenvalue weighted by molar-refractivity contribution is 8.18. The highest BCUT2D eigenvalue weighted by Crippen LogP contribution is 2.32. The maximum Gasteiger partial charge on any atom is 0.294 e. The van der Waals surface area contributed by atoms with E-state index < -0.39 is 17.1 Å². The Morgan fingerprint density at radius 1 is 1.03 bits per heavy atom. The standard InChI is InChI=1S/C25H27N3O4S/c1-2-32-21-12-8-19(9-13-21)26-23(29)17-28-24(30)22(33-25(28)31)16-18-6-10-20(11-7-18)27-14-4-3-5-15-27/h6-13,16H,2-5,14-15,17H2,1H3,(H,26,29)/b22-16-. The number of carbonyl (C=O) groups is 3. The molecular formula is C25H27N3O4S. The third-order valence-corrected chi connectivity index (χ3v) is 6.44. The van der Waals surface area contributed by atoms with Crippen LogP contribution < -0.4 is 15.0 Å². The predicted octanol–water partition coefficient (Wildman–Crippen LogP) is 4.75. The number of carbonyl (C=O) groups excluding carboxylic acids is 3. The van der Waals surface area contributed by atoms with E-state index in [2.05, 4.69) is 10.2 Å². The van der Waals surface area contributed by atoms with Crippen molar-refractivity contribution >= 4 is 46.3 Å². The van der Waals surface area contributed by atoms with Gasteiger partial charge in [0.1, 0.15) is 12.3 Å². The van der Waals surface area contributed by atoms with Crippen molar-refractivity contribution < 1.29 is 19.1 Å². The van der Waals surface area contributed by atoms with Gasteiger partial charge in [0, 0.05) is 24.5 Å². The van der Waals surface area contributed by atoms with Crippen molar-refractivity contribution in [3.8, 4) is 5.75 Å². The van der Waals surface area contributed by atoms with Crippen LogP contribution >= 0.6 is 11.8 Å². The second kappa shape index (κ2) is 10.6. The number of benzene rings is 2. The number of thioether (sulfide) groups is 1. The first-order valence-electron chi connectivity index (χ1n) is 11.2. The summed E-state index contributed by atoms with van der Waals surface area (Å²) in [5.41, 5.74) is 2.59. The molecule has 3 amide bonds. The molecule has 0 aromatic heterocycles. The Morgan fingerprint density at radius 3 is 2.39 bits per heavy atom. The van der Waals surface area contributed by atoms with Crippen molar-refractivity contribution in [2.24, 2.45) is 0 Å². The van der Waals surface area contributed by atoms with Crippen molar-refractivity contribution in [3.05, 3.63) is 59.0 Å². The molecule has 0 unspecified atom stereocenters. The van der Waals surface area contributed by atoms with E-state index in [1.54, 1.807) is 30.3 Å². The molecule has 4 rings (SSSR count). The molecule has 2 heterocycles. The lowest BCUT2D eigenvalue weighted by Gasteiger charge is -2.28. The number of imide groups is 1. The zero-order chi connectivity index (χ0) is 23.2. The number of hydrogen-bond donors (Lipinski definition) is 1. The van der Waals surface area contributed by atoms with E-state index >= 15 is 0 Å². The molecule has 1 N–H and O–H groups in total. The predicted molar refractivity (Wildman–Crippen MR) is 131 cm³/mol. The van der Waals surface area contributed by atoms with E-state index in [1.165, 1.54) is 24.9 Å². The quantitative estimate of drug-likeness (QED) is 0.595. The number of anilines is 2. The molecule has 33 heavy (non-hydrogen) atoms. The Balaban J connectivity index is 1.36. The van der Waals surface area contributed by atoms with Gasteiger partial charge < -0.3 is 15.0 Å². The summed E-state index contributed by atoms with van der Waals surface area (Å²) in [7, 11) is 0. The van der Waals surface area contributed by atoms with Gasteiger partial charge in [-0.15, -0.1) is 0 Å². The average Bonchev–Trinajstić information content (AvgIpc) is 3.09. The van der Waals surface area contributed by atoms with Crippen LogP contribution in [0.4, 0.5) is 16.2 Å². The molecule has 0 radical (unpaired) electrons. The van der Waals surface area contributed by atoms with Gasteiger partial charge in [0.25, 0.3) is 11.1 Å². The van der Waals surface area contributed by atoms with Crippen molar-refractivity contribution in [2.45, 2.75) is 26.2 Å². The van der Waals surface area contributed by atoms with Crippen LogP contribution in [0.5, 0.6) is 5.75 Å². The largest absolute Gasteiger partial charge is 0.494 e. The lowest BCUT2D eigenvalue weighted by atomic mass is 10.1. The Kier molecular flexibility index (Phi) is 7.34. The van der Waals surface area contributed by atoms with Crippen LogP contribution in [0.25, 0.3) is 6.08 Å². The second-order valence-corrected chi connectivity index (χ2v) is 8.91. The van der Waals surface area contributed by atoms with E-state index in [1.807, 2.05) is 31.2 Å². The minimum atomic E-state index is -0.452. The number of rotatable bonds is 7. The van der Waals surface area contributed by atoms with Crippen LogP contribution in [-0.2, 0) is 9.59 Å². The topological polar surface area (TPSA) is 79.0 Å². The summed E-state index contributed by atoms with van der Waals surface area (Å²) in [5, 5.41) is 2.26. The van der Waals surface area contributed by atoms with Gasteiger partial charge in [-0.3, -0.25) is 19.3 Å². The number of ether oxygens (including phenoxy) is 1. The molecule has 2 aromatic rings. The number of amides is 3. The maximum atomic E-state index is 12.8. The summed E-state index contributed by atoms with van der Waals surface area (Å²) >= 11 is 0.856. The van der Waals surface area contributed by atoms with Crippen LogP contribution in [-0.4, -0.2) is 48.2 Å².